The monoisotopic (exact) mass is 433 g/mol. The van der Waals surface area contributed by atoms with Gasteiger partial charge in [0.1, 0.15) is 0 Å². The molecular formula is C20H24BrN3O3. The number of amides is 1. The molecule has 0 radical (unpaired) electrons. The van der Waals surface area contributed by atoms with Crippen molar-refractivity contribution in [2.45, 2.75) is 43.9 Å². The molecule has 2 aliphatic heterocycles. The lowest BCUT2D eigenvalue weighted by Gasteiger charge is -2.42. The summed E-state index contributed by atoms with van der Waals surface area (Å²) in [5.74, 6) is 1.84. The maximum Gasteiger partial charge on any atom is 0.233 e. The molecule has 0 spiro atoms. The number of benzene rings is 1. The lowest BCUT2D eigenvalue weighted by Crippen LogP contribution is -2.51. The number of rotatable bonds is 3. The van der Waals surface area contributed by atoms with E-state index in [1.807, 2.05) is 24.0 Å². The zero-order valence-corrected chi connectivity index (χ0v) is 17.1. The molecule has 0 bridgehead atoms. The number of hydrogen-bond acceptors (Lipinski definition) is 5. The molecular weight excluding hydrogens is 410 g/mol. The SMILES string of the molecule is Cc1noc(C2CCN(C(=O)C3(c4ccc(Br)cc4)CCOCC3)CC2)n1. The fourth-order valence-corrected chi connectivity index (χ4v) is 4.49. The second-order valence-electron chi connectivity index (χ2n) is 7.45. The predicted octanol–water partition coefficient (Wildman–Crippen LogP) is 3.59. The Morgan fingerprint density at radius 1 is 1.19 bits per heavy atom. The summed E-state index contributed by atoms with van der Waals surface area (Å²) in [7, 11) is 0. The van der Waals surface area contributed by atoms with E-state index < -0.39 is 5.41 Å². The largest absolute Gasteiger partial charge is 0.381 e. The Morgan fingerprint density at radius 2 is 1.85 bits per heavy atom. The molecule has 0 aliphatic carbocycles. The quantitative estimate of drug-likeness (QED) is 0.739. The summed E-state index contributed by atoms with van der Waals surface area (Å²) in [6.45, 7) is 4.53. The van der Waals surface area contributed by atoms with Crippen LogP contribution in [0.4, 0.5) is 0 Å². The Balaban J connectivity index is 1.51. The van der Waals surface area contributed by atoms with E-state index in [9.17, 15) is 4.79 Å². The molecule has 0 saturated carbocycles. The van der Waals surface area contributed by atoms with Crippen molar-refractivity contribution in [3.63, 3.8) is 0 Å². The van der Waals surface area contributed by atoms with E-state index in [4.69, 9.17) is 9.26 Å². The number of carbonyl (C=O) groups excluding carboxylic acids is 1. The van der Waals surface area contributed by atoms with Gasteiger partial charge in [-0.1, -0.05) is 33.2 Å². The summed E-state index contributed by atoms with van der Waals surface area (Å²) in [4.78, 5) is 20.0. The van der Waals surface area contributed by atoms with Gasteiger partial charge in [-0.2, -0.15) is 4.98 Å². The van der Waals surface area contributed by atoms with Crippen LogP contribution in [-0.4, -0.2) is 47.3 Å². The molecule has 2 aliphatic rings. The van der Waals surface area contributed by atoms with Crippen molar-refractivity contribution >= 4 is 21.8 Å². The second-order valence-corrected chi connectivity index (χ2v) is 8.36. The number of aromatic nitrogens is 2. The van der Waals surface area contributed by atoms with Gasteiger partial charge >= 0.3 is 0 Å². The molecule has 144 valence electrons. The third-order valence-electron chi connectivity index (χ3n) is 5.83. The van der Waals surface area contributed by atoms with E-state index in [0.29, 0.717) is 24.9 Å². The van der Waals surface area contributed by atoms with Crippen molar-refractivity contribution in [3.05, 3.63) is 46.0 Å². The summed E-state index contributed by atoms with van der Waals surface area (Å²) in [6, 6.07) is 8.18. The minimum absolute atomic E-state index is 0.230. The molecule has 4 rings (SSSR count). The van der Waals surface area contributed by atoms with E-state index in [-0.39, 0.29) is 11.8 Å². The number of likely N-dealkylation sites (tertiary alicyclic amines) is 1. The topological polar surface area (TPSA) is 68.5 Å². The molecule has 2 aromatic rings. The third kappa shape index (κ3) is 3.67. The molecule has 0 atom stereocenters. The molecule has 2 fully saturated rings. The van der Waals surface area contributed by atoms with Crippen molar-refractivity contribution < 1.29 is 14.1 Å². The number of ether oxygens (including phenoxy) is 1. The molecule has 2 saturated heterocycles. The number of piperidine rings is 1. The van der Waals surface area contributed by atoms with Gasteiger partial charge in [-0.05, 0) is 50.3 Å². The van der Waals surface area contributed by atoms with Gasteiger partial charge in [-0.15, -0.1) is 0 Å². The molecule has 7 heteroatoms. The molecule has 27 heavy (non-hydrogen) atoms. The minimum atomic E-state index is -0.479. The lowest BCUT2D eigenvalue weighted by molar-refractivity contribution is -0.142. The van der Waals surface area contributed by atoms with Gasteiger partial charge in [0, 0.05) is 36.7 Å². The first-order valence-electron chi connectivity index (χ1n) is 9.52. The highest BCUT2D eigenvalue weighted by Crippen LogP contribution is 2.39. The Kier molecular flexibility index (Phi) is 5.32. The van der Waals surface area contributed by atoms with Crippen LogP contribution in [0.5, 0.6) is 0 Å². The first-order chi connectivity index (χ1) is 13.1. The Labute approximate surface area is 167 Å². The van der Waals surface area contributed by atoms with E-state index in [1.165, 1.54) is 0 Å². The molecule has 1 amide bonds. The van der Waals surface area contributed by atoms with Crippen LogP contribution in [0.3, 0.4) is 0 Å². The molecule has 3 heterocycles. The molecule has 0 unspecified atom stereocenters. The number of hydrogen-bond donors (Lipinski definition) is 0. The van der Waals surface area contributed by atoms with Crippen LogP contribution in [0.25, 0.3) is 0 Å². The Hall–Kier alpha value is -1.73. The summed E-state index contributed by atoms with van der Waals surface area (Å²) in [5, 5.41) is 3.89. The van der Waals surface area contributed by atoms with Gasteiger partial charge in [0.25, 0.3) is 0 Å². The highest BCUT2D eigenvalue weighted by molar-refractivity contribution is 9.10. The maximum atomic E-state index is 13.6. The smallest absolute Gasteiger partial charge is 0.233 e. The third-order valence-corrected chi connectivity index (χ3v) is 6.36. The van der Waals surface area contributed by atoms with Gasteiger partial charge < -0.3 is 14.2 Å². The Bertz CT molecular complexity index is 791. The summed E-state index contributed by atoms with van der Waals surface area (Å²) < 4.78 is 11.9. The van der Waals surface area contributed by atoms with Crippen molar-refractivity contribution in [3.8, 4) is 0 Å². The molecule has 0 N–H and O–H groups in total. The average Bonchev–Trinajstić information content (AvgIpc) is 3.15. The fraction of sp³-hybridized carbons (Fsp3) is 0.550. The number of halogens is 1. The van der Waals surface area contributed by atoms with Crippen molar-refractivity contribution in [1.29, 1.82) is 0 Å². The average molecular weight is 434 g/mol. The van der Waals surface area contributed by atoms with Gasteiger partial charge in [0.2, 0.25) is 11.8 Å². The number of aryl methyl sites for hydroxylation is 1. The van der Waals surface area contributed by atoms with Gasteiger partial charge in [-0.25, -0.2) is 0 Å². The van der Waals surface area contributed by atoms with Crippen LogP contribution in [0, 0.1) is 6.92 Å². The van der Waals surface area contributed by atoms with Crippen molar-refractivity contribution in [1.82, 2.24) is 15.0 Å². The first kappa shape index (κ1) is 18.6. The van der Waals surface area contributed by atoms with Crippen molar-refractivity contribution in [2.24, 2.45) is 0 Å². The van der Waals surface area contributed by atoms with Crippen molar-refractivity contribution in [2.75, 3.05) is 26.3 Å². The second kappa shape index (κ2) is 7.72. The predicted molar refractivity (Wildman–Crippen MR) is 103 cm³/mol. The van der Waals surface area contributed by atoms with Crippen LogP contribution in [0.1, 0.15) is 48.9 Å². The summed E-state index contributed by atoms with van der Waals surface area (Å²) >= 11 is 3.49. The van der Waals surface area contributed by atoms with Crippen LogP contribution < -0.4 is 0 Å². The fourth-order valence-electron chi connectivity index (χ4n) is 4.23. The zero-order valence-electron chi connectivity index (χ0n) is 15.5. The van der Waals surface area contributed by atoms with E-state index in [1.54, 1.807) is 0 Å². The molecule has 6 nitrogen and oxygen atoms in total. The van der Waals surface area contributed by atoms with Crippen LogP contribution >= 0.6 is 15.9 Å². The molecule has 1 aromatic carbocycles. The van der Waals surface area contributed by atoms with Crippen LogP contribution in [-0.2, 0) is 14.9 Å². The number of carbonyl (C=O) groups is 1. The van der Waals surface area contributed by atoms with Gasteiger partial charge in [0.05, 0.1) is 5.41 Å². The zero-order chi connectivity index (χ0) is 18.9. The minimum Gasteiger partial charge on any atom is -0.381 e. The normalized spacial score (nSPS) is 20.6. The highest BCUT2D eigenvalue weighted by atomic mass is 79.9. The lowest BCUT2D eigenvalue weighted by atomic mass is 9.72. The van der Waals surface area contributed by atoms with E-state index in [2.05, 4.69) is 38.2 Å². The standard InChI is InChI=1S/C20H24BrN3O3/c1-14-22-18(27-23-14)15-6-10-24(11-7-15)19(25)20(8-12-26-13-9-20)16-2-4-17(21)5-3-16/h2-5,15H,6-13H2,1H3. The van der Waals surface area contributed by atoms with Crippen LogP contribution in [0.2, 0.25) is 0 Å². The van der Waals surface area contributed by atoms with Gasteiger partial charge in [0.15, 0.2) is 5.82 Å². The summed E-state index contributed by atoms with van der Waals surface area (Å²) in [6.07, 6.45) is 3.19. The van der Waals surface area contributed by atoms with E-state index >= 15 is 0 Å². The van der Waals surface area contributed by atoms with E-state index in [0.717, 1.165) is 48.8 Å². The Morgan fingerprint density at radius 3 is 2.44 bits per heavy atom. The highest BCUT2D eigenvalue weighted by Gasteiger charge is 2.44. The first-order valence-corrected chi connectivity index (χ1v) is 10.3. The number of nitrogens with zero attached hydrogens (tertiary/aromatic N) is 3. The van der Waals surface area contributed by atoms with Crippen LogP contribution in [0.15, 0.2) is 33.3 Å². The molecule has 1 aromatic heterocycles. The maximum absolute atomic E-state index is 13.6. The summed E-state index contributed by atoms with van der Waals surface area (Å²) in [5.41, 5.74) is 0.612. The van der Waals surface area contributed by atoms with Gasteiger partial charge in [-0.3, -0.25) is 4.79 Å².